The van der Waals surface area contributed by atoms with E-state index in [9.17, 15) is 5.11 Å². The van der Waals surface area contributed by atoms with E-state index in [0.29, 0.717) is 0 Å². The first-order chi connectivity index (χ1) is 8.46. The predicted octanol–water partition coefficient (Wildman–Crippen LogP) is 3.77. The fourth-order valence-corrected chi connectivity index (χ4v) is 2.28. The topological polar surface area (TPSA) is 23.5 Å². The Kier molecular flexibility index (Phi) is 8.21. The minimum atomic E-state index is -0.753. The lowest BCUT2D eigenvalue weighted by Crippen LogP contribution is -2.33. The van der Waals surface area contributed by atoms with Crippen LogP contribution < -0.4 is 0 Å². The zero-order valence-electron chi connectivity index (χ0n) is 13.1. The standard InChI is InChI=1S/C16H31NO/c1-7-14(5)16(18,15(6)8-2)12-11-13-17(9-3)10-4/h7-8,18H,9-13H2,1-6H3. The Balaban J connectivity index is 4.64. The van der Waals surface area contributed by atoms with Gasteiger partial charge in [0.1, 0.15) is 5.60 Å². The molecule has 2 heteroatoms. The maximum Gasteiger partial charge on any atom is 0.106 e. The summed E-state index contributed by atoms with van der Waals surface area (Å²) in [6, 6.07) is 0. The molecule has 0 atom stereocenters. The third-order valence-corrected chi connectivity index (χ3v) is 4.08. The summed E-state index contributed by atoms with van der Waals surface area (Å²) >= 11 is 0. The van der Waals surface area contributed by atoms with Gasteiger partial charge in [-0.25, -0.2) is 0 Å². The van der Waals surface area contributed by atoms with Gasteiger partial charge in [-0.15, -0.1) is 0 Å². The Morgan fingerprint density at radius 2 is 1.50 bits per heavy atom. The van der Waals surface area contributed by atoms with Gasteiger partial charge in [-0.1, -0.05) is 26.0 Å². The van der Waals surface area contributed by atoms with E-state index in [2.05, 4.69) is 18.7 Å². The van der Waals surface area contributed by atoms with Gasteiger partial charge in [0.2, 0.25) is 0 Å². The third-order valence-electron chi connectivity index (χ3n) is 4.08. The second-order valence-corrected chi connectivity index (χ2v) is 4.93. The van der Waals surface area contributed by atoms with Gasteiger partial charge in [0.05, 0.1) is 0 Å². The van der Waals surface area contributed by atoms with Gasteiger partial charge in [0.25, 0.3) is 0 Å². The largest absolute Gasteiger partial charge is 0.381 e. The van der Waals surface area contributed by atoms with E-state index in [0.717, 1.165) is 43.6 Å². The number of allylic oxidation sites excluding steroid dienone is 2. The molecule has 1 N–H and O–H groups in total. The fourth-order valence-electron chi connectivity index (χ4n) is 2.28. The molecule has 106 valence electrons. The second-order valence-electron chi connectivity index (χ2n) is 4.93. The Bertz CT molecular complexity index is 269. The van der Waals surface area contributed by atoms with Gasteiger partial charge >= 0.3 is 0 Å². The van der Waals surface area contributed by atoms with Crippen molar-refractivity contribution in [3.8, 4) is 0 Å². The van der Waals surface area contributed by atoms with E-state index >= 15 is 0 Å². The quantitative estimate of drug-likeness (QED) is 0.666. The highest BCUT2D eigenvalue weighted by Gasteiger charge is 2.29. The van der Waals surface area contributed by atoms with Crippen LogP contribution in [0.15, 0.2) is 23.3 Å². The lowest BCUT2D eigenvalue weighted by molar-refractivity contribution is 0.0994. The van der Waals surface area contributed by atoms with Crippen molar-refractivity contribution in [2.45, 2.75) is 60.0 Å². The van der Waals surface area contributed by atoms with E-state index in [1.165, 1.54) is 0 Å². The molecule has 0 fully saturated rings. The van der Waals surface area contributed by atoms with E-state index < -0.39 is 5.60 Å². The van der Waals surface area contributed by atoms with Gasteiger partial charge < -0.3 is 10.0 Å². The Morgan fingerprint density at radius 3 is 1.83 bits per heavy atom. The highest BCUT2D eigenvalue weighted by atomic mass is 16.3. The van der Waals surface area contributed by atoms with Crippen molar-refractivity contribution in [3.63, 3.8) is 0 Å². The van der Waals surface area contributed by atoms with Gasteiger partial charge in [0, 0.05) is 0 Å². The van der Waals surface area contributed by atoms with E-state index in [4.69, 9.17) is 0 Å². The molecule has 0 aromatic carbocycles. The molecule has 0 bridgehead atoms. The summed E-state index contributed by atoms with van der Waals surface area (Å²) in [6.07, 6.45) is 5.86. The SMILES string of the molecule is CC=C(C)C(O)(CCCN(CC)CC)C(C)=CC. The number of rotatable bonds is 8. The fraction of sp³-hybridized carbons (Fsp3) is 0.750. The molecule has 0 amide bonds. The molecule has 0 radical (unpaired) electrons. The first-order valence-electron chi connectivity index (χ1n) is 7.17. The van der Waals surface area contributed by atoms with Crippen LogP contribution in [0.1, 0.15) is 54.4 Å². The number of hydrogen-bond donors (Lipinski definition) is 1. The van der Waals surface area contributed by atoms with E-state index in [1.54, 1.807) is 0 Å². The molecule has 0 aliphatic carbocycles. The average Bonchev–Trinajstić information content (AvgIpc) is 2.41. The summed E-state index contributed by atoms with van der Waals surface area (Å²) in [5, 5.41) is 10.9. The van der Waals surface area contributed by atoms with Crippen molar-refractivity contribution < 1.29 is 5.11 Å². The summed E-state index contributed by atoms with van der Waals surface area (Å²) in [7, 11) is 0. The van der Waals surface area contributed by atoms with Crippen LogP contribution in [0.5, 0.6) is 0 Å². The molecule has 0 aliphatic rings. The van der Waals surface area contributed by atoms with Crippen LogP contribution in [0, 0.1) is 0 Å². The summed E-state index contributed by atoms with van der Waals surface area (Å²) < 4.78 is 0. The summed E-state index contributed by atoms with van der Waals surface area (Å²) in [6.45, 7) is 15.6. The van der Waals surface area contributed by atoms with Crippen LogP contribution in [-0.4, -0.2) is 35.2 Å². The molecular weight excluding hydrogens is 222 g/mol. The molecule has 0 aromatic heterocycles. The highest BCUT2D eigenvalue weighted by molar-refractivity contribution is 5.29. The van der Waals surface area contributed by atoms with Gasteiger partial charge in [0.15, 0.2) is 0 Å². The molecule has 0 saturated heterocycles. The van der Waals surface area contributed by atoms with Gasteiger partial charge in [-0.3, -0.25) is 0 Å². The van der Waals surface area contributed by atoms with Crippen LogP contribution in [0.4, 0.5) is 0 Å². The van der Waals surface area contributed by atoms with Crippen molar-refractivity contribution >= 4 is 0 Å². The zero-order chi connectivity index (χ0) is 14.2. The van der Waals surface area contributed by atoms with E-state index in [-0.39, 0.29) is 0 Å². The van der Waals surface area contributed by atoms with Crippen LogP contribution in [0.3, 0.4) is 0 Å². The molecule has 0 aliphatic heterocycles. The van der Waals surface area contributed by atoms with Crippen molar-refractivity contribution in [3.05, 3.63) is 23.3 Å². The predicted molar refractivity (Wildman–Crippen MR) is 80.8 cm³/mol. The Labute approximate surface area is 113 Å². The molecule has 18 heavy (non-hydrogen) atoms. The molecule has 0 unspecified atom stereocenters. The lowest BCUT2D eigenvalue weighted by atomic mass is 9.83. The molecule has 0 aromatic rings. The van der Waals surface area contributed by atoms with E-state index in [1.807, 2.05) is 39.8 Å². The maximum atomic E-state index is 10.9. The normalized spacial score (nSPS) is 17.1. The van der Waals surface area contributed by atoms with Crippen molar-refractivity contribution in [2.24, 2.45) is 0 Å². The average molecular weight is 253 g/mol. The van der Waals surface area contributed by atoms with Crippen LogP contribution in [-0.2, 0) is 0 Å². The Morgan fingerprint density at radius 1 is 1.06 bits per heavy atom. The number of aliphatic hydroxyl groups is 1. The third kappa shape index (κ3) is 4.58. The van der Waals surface area contributed by atoms with Crippen molar-refractivity contribution in [1.29, 1.82) is 0 Å². The van der Waals surface area contributed by atoms with Crippen LogP contribution >= 0.6 is 0 Å². The molecule has 0 heterocycles. The van der Waals surface area contributed by atoms with Crippen LogP contribution in [0.25, 0.3) is 0 Å². The first kappa shape index (κ1) is 17.4. The second kappa shape index (κ2) is 8.49. The molecule has 0 spiro atoms. The smallest absolute Gasteiger partial charge is 0.106 e. The summed E-state index contributed by atoms with van der Waals surface area (Å²) in [5.74, 6) is 0. The molecular formula is C16H31NO. The molecule has 0 rings (SSSR count). The first-order valence-corrected chi connectivity index (χ1v) is 7.17. The van der Waals surface area contributed by atoms with Crippen LogP contribution in [0.2, 0.25) is 0 Å². The summed E-state index contributed by atoms with van der Waals surface area (Å²) in [4.78, 5) is 2.40. The van der Waals surface area contributed by atoms with Gasteiger partial charge in [-0.05, 0) is 71.3 Å². The number of nitrogens with zero attached hydrogens (tertiary/aromatic N) is 1. The lowest BCUT2D eigenvalue weighted by Gasteiger charge is -2.31. The maximum absolute atomic E-state index is 10.9. The zero-order valence-corrected chi connectivity index (χ0v) is 13.1. The summed E-state index contributed by atoms with van der Waals surface area (Å²) in [5.41, 5.74) is 1.35. The molecule has 0 saturated carbocycles. The van der Waals surface area contributed by atoms with Crippen molar-refractivity contribution in [1.82, 2.24) is 4.90 Å². The molecule has 2 nitrogen and oxygen atoms in total. The minimum Gasteiger partial charge on any atom is -0.381 e. The van der Waals surface area contributed by atoms with Crippen molar-refractivity contribution in [2.75, 3.05) is 19.6 Å². The monoisotopic (exact) mass is 253 g/mol. The number of hydrogen-bond acceptors (Lipinski definition) is 2. The highest BCUT2D eigenvalue weighted by Crippen LogP contribution is 2.30. The Hall–Kier alpha value is -0.600. The van der Waals surface area contributed by atoms with Gasteiger partial charge in [-0.2, -0.15) is 0 Å². The minimum absolute atomic E-state index is 0.753.